The number of rotatable bonds is 2. The van der Waals surface area contributed by atoms with Crippen LogP contribution in [-0.4, -0.2) is 16.9 Å². The van der Waals surface area contributed by atoms with Crippen LogP contribution >= 0.6 is 11.3 Å². The van der Waals surface area contributed by atoms with Gasteiger partial charge in [0.25, 0.3) is 5.91 Å². The number of nitrogen functional groups attached to an aromatic ring is 1. The molecule has 0 aromatic carbocycles. The van der Waals surface area contributed by atoms with E-state index in [1.54, 1.807) is 0 Å². The molecule has 5 heteroatoms. The highest BCUT2D eigenvalue weighted by Crippen LogP contribution is 2.34. The maximum absolute atomic E-state index is 12.1. The molecule has 1 fully saturated rings. The first-order chi connectivity index (χ1) is 8.56. The first-order valence-electron chi connectivity index (χ1n) is 6.02. The molecule has 0 saturated heterocycles. The highest BCUT2D eigenvalue weighted by atomic mass is 32.1. The molecule has 0 spiro atoms. The van der Waals surface area contributed by atoms with E-state index in [9.17, 15) is 4.79 Å². The number of nitrogens with zero attached hydrogens (tertiary/aromatic N) is 1. The number of aryl methyl sites for hydroxylation is 1. The van der Waals surface area contributed by atoms with Crippen LogP contribution in [0.2, 0.25) is 0 Å². The van der Waals surface area contributed by atoms with Gasteiger partial charge in [0.2, 0.25) is 0 Å². The number of fused-ring (bicyclic) bond motifs is 1. The largest absolute Gasteiger partial charge is 0.397 e. The molecular weight excluding hydrogens is 246 g/mol. The van der Waals surface area contributed by atoms with Gasteiger partial charge >= 0.3 is 0 Å². The number of nitrogens with two attached hydrogens (primary N) is 1. The molecule has 2 heterocycles. The van der Waals surface area contributed by atoms with Crippen molar-refractivity contribution in [3.63, 3.8) is 0 Å². The number of amides is 1. The zero-order valence-corrected chi connectivity index (χ0v) is 11.2. The predicted molar refractivity (Wildman–Crippen MR) is 73.8 cm³/mol. The van der Waals surface area contributed by atoms with E-state index in [0.29, 0.717) is 22.5 Å². The van der Waals surface area contributed by atoms with Gasteiger partial charge in [0.1, 0.15) is 9.71 Å². The number of carbonyl (C=O) groups excluding carboxylic acids is 1. The second-order valence-electron chi connectivity index (χ2n) is 4.94. The van der Waals surface area contributed by atoms with Gasteiger partial charge < -0.3 is 11.1 Å². The zero-order chi connectivity index (χ0) is 12.9. The van der Waals surface area contributed by atoms with Crippen molar-refractivity contribution in [3.05, 3.63) is 22.7 Å². The van der Waals surface area contributed by atoms with E-state index >= 15 is 0 Å². The summed E-state index contributed by atoms with van der Waals surface area (Å²) in [6.45, 7) is 4.06. The van der Waals surface area contributed by atoms with Gasteiger partial charge in [-0.05, 0) is 31.4 Å². The molecule has 2 aromatic heterocycles. The lowest BCUT2D eigenvalue weighted by Gasteiger charge is -2.01. The Morgan fingerprint density at radius 2 is 2.28 bits per heavy atom. The van der Waals surface area contributed by atoms with Crippen LogP contribution in [0.25, 0.3) is 10.2 Å². The van der Waals surface area contributed by atoms with Gasteiger partial charge in [-0.1, -0.05) is 6.92 Å². The van der Waals surface area contributed by atoms with Crippen molar-refractivity contribution in [2.45, 2.75) is 26.3 Å². The molecular formula is C13H15N3OS. The van der Waals surface area contributed by atoms with Crippen LogP contribution in [0, 0.1) is 12.8 Å². The van der Waals surface area contributed by atoms with E-state index in [1.165, 1.54) is 11.3 Å². The summed E-state index contributed by atoms with van der Waals surface area (Å²) >= 11 is 1.37. The molecule has 0 aliphatic heterocycles. The highest BCUT2D eigenvalue weighted by molar-refractivity contribution is 7.21. The van der Waals surface area contributed by atoms with E-state index < -0.39 is 0 Å². The molecule has 3 rings (SSSR count). The molecule has 3 N–H and O–H groups in total. The summed E-state index contributed by atoms with van der Waals surface area (Å²) in [6.07, 6.45) is 1.06. The molecule has 2 atom stereocenters. The van der Waals surface area contributed by atoms with Gasteiger partial charge in [0.05, 0.1) is 5.69 Å². The standard InChI is InChI=1S/C13H15N3OS/c1-6-5-9(6)16-12(17)11-10(14)8-4-3-7(2)15-13(8)18-11/h3-4,6,9H,5,14H2,1-2H3,(H,16,17). The second kappa shape index (κ2) is 3.95. The maximum atomic E-state index is 12.1. The number of hydrogen-bond donors (Lipinski definition) is 2. The molecule has 1 aliphatic carbocycles. The first-order valence-corrected chi connectivity index (χ1v) is 6.84. The molecule has 18 heavy (non-hydrogen) atoms. The van der Waals surface area contributed by atoms with E-state index in [0.717, 1.165) is 22.3 Å². The smallest absolute Gasteiger partial charge is 0.263 e. The van der Waals surface area contributed by atoms with Crippen molar-refractivity contribution in [3.8, 4) is 0 Å². The molecule has 4 nitrogen and oxygen atoms in total. The summed E-state index contributed by atoms with van der Waals surface area (Å²) in [4.78, 5) is 17.9. The van der Waals surface area contributed by atoms with Crippen LogP contribution in [0.3, 0.4) is 0 Å². The predicted octanol–water partition coefficient (Wildman–Crippen LogP) is 2.33. The van der Waals surface area contributed by atoms with Gasteiger partial charge in [0.15, 0.2) is 0 Å². The van der Waals surface area contributed by atoms with Crippen LogP contribution in [-0.2, 0) is 0 Å². The first kappa shape index (κ1) is 11.5. The van der Waals surface area contributed by atoms with Crippen LogP contribution in [0.5, 0.6) is 0 Å². The lowest BCUT2D eigenvalue weighted by atomic mass is 10.2. The third-order valence-corrected chi connectivity index (χ3v) is 4.48. The van der Waals surface area contributed by atoms with Crippen LogP contribution in [0.1, 0.15) is 28.7 Å². The number of carbonyl (C=O) groups is 1. The third-order valence-electron chi connectivity index (χ3n) is 3.37. The quantitative estimate of drug-likeness (QED) is 0.871. The minimum absolute atomic E-state index is 0.0671. The average molecular weight is 261 g/mol. The van der Waals surface area contributed by atoms with Crippen LogP contribution in [0.15, 0.2) is 12.1 Å². The summed E-state index contributed by atoms with van der Waals surface area (Å²) in [5, 5.41) is 3.87. The summed E-state index contributed by atoms with van der Waals surface area (Å²) in [5.41, 5.74) is 7.52. The number of pyridine rings is 1. The fourth-order valence-corrected chi connectivity index (χ4v) is 3.06. The Labute approximate surface area is 109 Å². The Bertz CT molecular complexity index is 634. The Kier molecular flexibility index (Phi) is 2.52. The van der Waals surface area contributed by atoms with Crippen molar-refractivity contribution in [1.82, 2.24) is 10.3 Å². The van der Waals surface area contributed by atoms with Gasteiger partial charge in [0, 0.05) is 17.1 Å². The number of nitrogens with one attached hydrogen (secondary N) is 1. The lowest BCUT2D eigenvalue weighted by Crippen LogP contribution is -2.26. The fraction of sp³-hybridized carbons (Fsp3) is 0.385. The van der Waals surface area contributed by atoms with E-state index in [1.807, 2.05) is 19.1 Å². The molecule has 1 saturated carbocycles. The van der Waals surface area contributed by atoms with Crippen molar-refractivity contribution in [1.29, 1.82) is 0 Å². The molecule has 1 aliphatic rings. The summed E-state index contributed by atoms with van der Waals surface area (Å²) in [7, 11) is 0. The molecule has 2 aromatic rings. The topological polar surface area (TPSA) is 68.0 Å². The number of anilines is 1. The minimum atomic E-state index is -0.0671. The Morgan fingerprint density at radius 1 is 1.56 bits per heavy atom. The molecule has 94 valence electrons. The van der Waals surface area contributed by atoms with Crippen molar-refractivity contribution in [2.75, 3.05) is 5.73 Å². The Balaban J connectivity index is 1.96. The lowest BCUT2D eigenvalue weighted by molar-refractivity contribution is 0.0954. The summed E-state index contributed by atoms with van der Waals surface area (Å²) in [5.74, 6) is 0.521. The van der Waals surface area contributed by atoms with E-state index in [4.69, 9.17) is 5.73 Å². The Morgan fingerprint density at radius 3 is 2.94 bits per heavy atom. The third kappa shape index (κ3) is 1.84. The van der Waals surface area contributed by atoms with Crippen LogP contribution in [0.4, 0.5) is 5.69 Å². The highest BCUT2D eigenvalue weighted by Gasteiger charge is 2.34. The normalized spacial score (nSPS) is 22.1. The van der Waals surface area contributed by atoms with E-state index in [2.05, 4.69) is 17.2 Å². The van der Waals surface area contributed by atoms with Gasteiger partial charge in [-0.15, -0.1) is 11.3 Å². The number of aromatic nitrogens is 1. The fourth-order valence-electron chi connectivity index (χ4n) is 2.02. The average Bonchev–Trinajstić information content (AvgIpc) is 2.89. The SMILES string of the molecule is Cc1ccc2c(N)c(C(=O)NC3CC3C)sc2n1. The maximum Gasteiger partial charge on any atom is 0.263 e. The summed E-state index contributed by atoms with van der Waals surface area (Å²) in [6, 6.07) is 4.16. The number of hydrogen-bond acceptors (Lipinski definition) is 4. The van der Waals surface area contributed by atoms with Crippen molar-refractivity contribution < 1.29 is 4.79 Å². The van der Waals surface area contributed by atoms with E-state index in [-0.39, 0.29) is 5.91 Å². The van der Waals surface area contributed by atoms with Crippen molar-refractivity contribution in [2.24, 2.45) is 5.92 Å². The molecule has 2 unspecified atom stereocenters. The van der Waals surface area contributed by atoms with Gasteiger partial charge in [-0.3, -0.25) is 4.79 Å². The van der Waals surface area contributed by atoms with Gasteiger partial charge in [-0.25, -0.2) is 4.98 Å². The molecule has 0 radical (unpaired) electrons. The summed E-state index contributed by atoms with van der Waals surface area (Å²) < 4.78 is 0. The molecule has 0 bridgehead atoms. The monoisotopic (exact) mass is 261 g/mol. The number of thiophene rings is 1. The zero-order valence-electron chi connectivity index (χ0n) is 10.4. The second-order valence-corrected chi connectivity index (χ2v) is 5.94. The molecule has 1 amide bonds. The van der Waals surface area contributed by atoms with Crippen LogP contribution < -0.4 is 11.1 Å². The Hall–Kier alpha value is -1.62. The van der Waals surface area contributed by atoms with Gasteiger partial charge in [-0.2, -0.15) is 0 Å². The minimum Gasteiger partial charge on any atom is -0.397 e. The van der Waals surface area contributed by atoms with Crippen molar-refractivity contribution >= 4 is 33.1 Å².